The number of carbonyl (C=O) groups is 2. The lowest BCUT2D eigenvalue weighted by atomic mass is 9.99. The van der Waals surface area contributed by atoms with E-state index < -0.39 is 0 Å². The minimum absolute atomic E-state index is 0.142. The molecular formula is C31H42N4O4. The second kappa shape index (κ2) is 15.4. The fourth-order valence-corrected chi connectivity index (χ4v) is 4.86. The molecule has 2 aliphatic heterocycles. The fourth-order valence-electron chi connectivity index (χ4n) is 4.86. The zero-order valence-electron chi connectivity index (χ0n) is 23.2. The largest absolute Gasteiger partial charge is 0.465 e. The molecule has 1 saturated heterocycles. The normalized spacial score (nSPS) is 15.8. The van der Waals surface area contributed by atoms with Gasteiger partial charge in [-0.1, -0.05) is 57.2 Å². The molecule has 1 N–H and O–H groups in total. The van der Waals surface area contributed by atoms with Gasteiger partial charge in [0.2, 0.25) is 0 Å². The van der Waals surface area contributed by atoms with E-state index in [1.807, 2.05) is 53.7 Å². The average molecular weight is 535 g/mol. The summed E-state index contributed by atoms with van der Waals surface area (Å²) in [6.07, 6.45) is 9.72. The summed E-state index contributed by atoms with van der Waals surface area (Å²) in [6, 6.07) is 13.5. The first-order chi connectivity index (χ1) is 19.1. The van der Waals surface area contributed by atoms with Gasteiger partial charge in [0, 0.05) is 24.3 Å². The second-order valence-electron chi connectivity index (χ2n) is 10.3. The van der Waals surface area contributed by atoms with Gasteiger partial charge in [0.25, 0.3) is 5.91 Å². The van der Waals surface area contributed by atoms with Crippen molar-refractivity contribution in [3.8, 4) is 0 Å². The zero-order valence-corrected chi connectivity index (χ0v) is 23.2. The van der Waals surface area contributed by atoms with Gasteiger partial charge in [-0.2, -0.15) is 5.10 Å². The zero-order chi connectivity index (χ0) is 27.3. The molecule has 0 aromatic heterocycles. The van der Waals surface area contributed by atoms with Gasteiger partial charge in [-0.25, -0.2) is 0 Å². The first kappa shape index (κ1) is 28.8. The molecule has 0 radical (unpaired) electrons. The lowest BCUT2D eigenvalue weighted by Gasteiger charge is -2.28. The SMILES string of the molecule is CCCCCCCCOC(=O)CN1CCc2cc(NC(=O)c3ccc(/C=N/N4CCOCC4)cc3)ccc2C1. The van der Waals surface area contributed by atoms with Crippen molar-refractivity contribution in [3.63, 3.8) is 0 Å². The molecule has 0 atom stereocenters. The van der Waals surface area contributed by atoms with Crippen LogP contribution in [0, 0.1) is 0 Å². The molecular weight excluding hydrogens is 492 g/mol. The topological polar surface area (TPSA) is 83.5 Å². The highest BCUT2D eigenvalue weighted by Gasteiger charge is 2.20. The maximum Gasteiger partial charge on any atom is 0.320 e. The molecule has 2 heterocycles. The highest BCUT2D eigenvalue weighted by Crippen LogP contribution is 2.23. The predicted molar refractivity (Wildman–Crippen MR) is 154 cm³/mol. The van der Waals surface area contributed by atoms with Crippen molar-refractivity contribution in [2.24, 2.45) is 5.10 Å². The van der Waals surface area contributed by atoms with Crippen LogP contribution in [0.2, 0.25) is 0 Å². The number of unbranched alkanes of at least 4 members (excludes halogenated alkanes) is 5. The van der Waals surface area contributed by atoms with Gasteiger partial charge in [0.15, 0.2) is 0 Å². The van der Waals surface area contributed by atoms with E-state index in [0.29, 0.717) is 38.5 Å². The number of esters is 1. The van der Waals surface area contributed by atoms with Crippen LogP contribution >= 0.6 is 0 Å². The molecule has 2 aliphatic rings. The van der Waals surface area contributed by atoms with E-state index in [1.165, 1.54) is 36.8 Å². The number of morpholine rings is 1. The molecule has 8 nitrogen and oxygen atoms in total. The van der Waals surface area contributed by atoms with Crippen molar-refractivity contribution in [2.45, 2.75) is 58.4 Å². The molecule has 0 unspecified atom stereocenters. The van der Waals surface area contributed by atoms with E-state index >= 15 is 0 Å². The summed E-state index contributed by atoms with van der Waals surface area (Å²) in [7, 11) is 0. The molecule has 2 aromatic rings. The number of amides is 1. The Bertz CT molecular complexity index is 1100. The van der Waals surface area contributed by atoms with Gasteiger partial charge in [0.05, 0.1) is 45.7 Å². The number of rotatable bonds is 13. The third kappa shape index (κ3) is 9.48. The number of ether oxygens (including phenoxy) is 2. The molecule has 8 heteroatoms. The van der Waals surface area contributed by atoms with Crippen LogP contribution in [0.15, 0.2) is 47.6 Å². The third-order valence-electron chi connectivity index (χ3n) is 7.20. The summed E-state index contributed by atoms with van der Waals surface area (Å²) < 4.78 is 10.8. The van der Waals surface area contributed by atoms with Gasteiger partial charge < -0.3 is 14.8 Å². The number of hydrogen-bond acceptors (Lipinski definition) is 7. The van der Waals surface area contributed by atoms with E-state index in [2.05, 4.69) is 22.2 Å². The molecule has 0 aliphatic carbocycles. The lowest BCUT2D eigenvalue weighted by molar-refractivity contribution is -0.145. The Kier molecular flexibility index (Phi) is 11.3. The van der Waals surface area contributed by atoms with Crippen molar-refractivity contribution in [1.29, 1.82) is 0 Å². The van der Waals surface area contributed by atoms with Crippen LogP contribution in [-0.4, -0.2) is 74.0 Å². The summed E-state index contributed by atoms with van der Waals surface area (Å²) in [5, 5.41) is 9.49. The maximum absolute atomic E-state index is 12.8. The van der Waals surface area contributed by atoms with E-state index in [9.17, 15) is 9.59 Å². The number of nitrogens with zero attached hydrogens (tertiary/aromatic N) is 3. The van der Waals surface area contributed by atoms with E-state index in [4.69, 9.17) is 9.47 Å². The van der Waals surface area contributed by atoms with E-state index in [-0.39, 0.29) is 11.9 Å². The predicted octanol–water partition coefficient (Wildman–Crippen LogP) is 4.87. The summed E-state index contributed by atoms with van der Waals surface area (Å²) >= 11 is 0. The van der Waals surface area contributed by atoms with Crippen molar-refractivity contribution in [2.75, 3.05) is 51.3 Å². The number of anilines is 1. The van der Waals surface area contributed by atoms with Crippen LogP contribution in [0.1, 0.15) is 72.5 Å². The molecule has 4 rings (SSSR count). The Hall–Kier alpha value is -3.23. The van der Waals surface area contributed by atoms with Gasteiger partial charge in [-0.05, 0) is 53.8 Å². The molecule has 0 bridgehead atoms. The second-order valence-corrected chi connectivity index (χ2v) is 10.3. The van der Waals surface area contributed by atoms with Crippen LogP contribution in [-0.2, 0) is 27.2 Å². The Morgan fingerprint density at radius 2 is 1.74 bits per heavy atom. The van der Waals surface area contributed by atoms with E-state index in [1.54, 1.807) is 0 Å². The maximum atomic E-state index is 12.8. The van der Waals surface area contributed by atoms with Crippen LogP contribution < -0.4 is 5.32 Å². The Balaban J connectivity index is 1.20. The van der Waals surface area contributed by atoms with Gasteiger partial charge in [0.1, 0.15) is 0 Å². The minimum Gasteiger partial charge on any atom is -0.465 e. The van der Waals surface area contributed by atoms with E-state index in [0.717, 1.165) is 50.1 Å². The number of hydrogen-bond donors (Lipinski definition) is 1. The first-order valence-corrected chi connectivity index (χ1v) is 14.4. The van der Waals surface area contributed by atoms with Crippen LogP contribution in [0.3, 0.4) is 0 Å². The molecule has 2 aromatic carbocycles. The fraction of sp³-hybridized carbons (Fsp3) is 0.516. The summed E-state index contributed by atoms with van der Waals surface area (Å²) in [5.41, 5.74) is 4.72. The smallest absolute Gasteiger partial charge is 0.320 e. The van der Waals surface area contributed by atoms with Crippen molar-refractivity contribution in [3.05, 3.63) is 64.7 Å². The molecule has 1 amide bonds. The molecule has 210 valence electrons. The monoisotopic (exact) mass is 534 g/mol. The third-order valence-corrected chi connectivity index (χ3v) is 7.20. The quantitative estimate of drug-likeness (QED) is 0.224. The Morgan fingerprint density at radius 1 is 0.974 bits per heavy atom. The van der Waals surface area contributed by atoms with Crippen LogP contribution in [0.5, 0.6) is 0 Å². The number of benzene rings is 2. The first-order valence-electron chi connectivity index (χ1n) is 14.4. The number of fused-ring (bicyclic) bond motifs is 1. The van der Waals surface area contributed by atoms with Crippen molar-refractivity contribution < 1.29 is 19.1 Å². The molecule has 39 heavy (non-hydrogen) atoms. The van der Waals surface area contributed by atoms with Gasteiger partial charge in [-0.15, -0.1) is 0 Å². The lowest BCUT2D eigenvalue weighted by Crippen LogP contribution is -2.35. The molecule has 1 fully saturated rings. The number of carbonyl (C=O) groups excluding carboxylic acids is 2. The number of nitrogens with one attached hydrogen (secondary N) is 1. The summed E-state index contributed by atoms with van der Waals surface area (Å²) in [6.45, 7) is 7.54. The Labute approximate surface area is 232 Å². The average Bonchev–Trinajstić information content (AvgIpc) is 2.96. The molecule has 0 saturated carbocycles. The van der Waals surface area contributed by atoms with Crippen molar-refractivity contribution in [1.82, 2.24) is 9.91 Å². The van der Waals surface area contributed by atoms with Gasteiger partial charge >= 0.3 is 5.97 Å². The summed E-state index contributed by atoms with van der Waals surface area (Å²) in [5.74, 6) is -0.286. The highest BCUT2D eigenvalue weighted by molar-refractivity contribution is 6.04. The molecule has 0 spiro atoms. The number of hydrazone groups is 1. The highest BCUT2D eigenvalue weighted by atomic mass is 16.5. The van der Waals surface area contributed by atoms with Crippen LogP contribution in [0.25, 0.3) is 0 Å². The Morgan fingerprint density at radius 3 is 2.54 bits per heavy atom. The minimum atomic E-state index is -0.144. The van der Waals surface area contributed by atoms with Crippen molar-refractivity contribution >= 4 is 23.8 Å². The standard InChI is InChI=1S/C31H42N4O4/c1-2-3-4-5-6-7-18-39-30(36)24-34-15-14-27-21-29(13-12-28(27)23-34)33-31(37)26-10-8-25(9-11-26)22-32-35-16-19-38-20-17-35/h8-13,21-22H,2-7,14-20,23-24H2,1H3,(H,33,37)/b32-22+. The van der Waals surface area contributed by atoms with Gasteiger partial charge in [-0.3, -0.25) is 19.5 Å². The van der Waals surface area contributed by atoms with Crippen LogP contribution in [0.4, 0.5) is 5.69 Å². The summed E-state index contributed by atoms with van der Waals surface area (Å²) in [4.78, 5) is 27.2.